The third-order valence-corrected chi connectivity index (χ3v) is 14.3. The Hall–Kier alpha value is -6.90. The monoisotopic (exact) mass is 814 g/mol. The summed E-state index contributed by atoms with van der Waals surface area (Å²) in [6, 6.07) is 65.1. The molecule has 0 amide bonds. The zero-order valence-corrected chi connectivity index (χ0v) is 37.0. The second-order valence-electron chi connectivity index (χ2n) is 19.0. The van der Waals surface area contributed by atoms with E-state index in [9.17, 15) is 0 Å². The number of anilines is 5. The summed E-state index contributed by atoms with van der Waals surface area (Å²) < 4.78 is 0. The van der Waals surface area contributed by atoms with Crippen LogP contribution in [-0.2, 0) is 5.41 Å². The highest BCUT2D eigenvalue weighted by molar-refractivity contribution is 5.91. The van der Waals surface area contributed by atoms with E-state index in [0.717, 1.165) is 29.9 Å². The zero-order chi connectivity index (χ0) is 42.9. The fourth-order valence-electron chi connectivity index (χ4n) is 11.1. The lowest BCUT2D eigenvalue weighted by Gasteiger charge is -2.36. The highest BCUT2D eigenvalue weighted by Gasteiger charge is 2.42. The van der Waals surface area contributed by atoms with Gasteiger partial charge in [0.25, 0.3) is 0 Å². The van der Waals surface area contributed by atoms with Crippen molar-refractivity contribution in [3.8, 4) is 33.4 Å². The number of allylic oxidation sites excluding steroid dienone is 6. The minimum absolute atomic E-state index is 0.0121. The van der Waals surface area contributed by atoms with E-state index in [4.69, 9.17) is 0 Å². The first-order chi connectivity index (χ1) is 30.7. The molecule has 0 N–H and O–H groups in total. The molecule has 0 bridgehead atoms. The fourth-order valence-corrected chi connectivity index (χ4v) is 11.1. The van der Waals surface area contributed by atoms with Gasteiger partial charge >= 0.3 is 0 Å². The van der Waals surface area contributed by atoms with Gasteiger partial charge in [-0.05, 0) is 146 Å². The summed E-state index contributed by atoms with van der Waals surface area (Å²) in [5, 5.41) is 0. The van der Waals surface area contributed by atoms with Crippen LogP contribution < -0.4 is 9.80 Å². The van der Waals surface area contributed by atoms with Crippen LogP contribution in [0.2, 0.25) is 0 Å². The predicted molar refractivity (Wildman–Crippen MR) is 266 cm³/mol. The van der Waals surface area contributed by atoms with Crippen LogP contribution in [-0.4, -0.2) is 6.04 Å². The van der Waals surface area contributed by atoms with Gasteiger partial charge < -0.3 is 9.80 Å². The molecule has 11 rings (SSSR count). The van der Waals surface area contributed by atoms with Gasteiger partial charge in [0, 0.05) is 39.3 Å². The molecule has 0 saturated heterocycles. The van der Waals surface area contributed by atoms with Crippen LogP contribution in [0.5, 0.6) is 0 Å². The highest BCUT2D eigenvalue weighted by Crippen LogP contribution is 2.56. The van der Waals surface area contributed by atoms with E-state index < -0.39 is 0 Å². The Bertz CT molecular complexity index is 3000. The molecule has 0 saturated carbocycles. The Kier molecular flexibility index (Phi) is 9.39. The van der Waals surface area contributed by atoms with Gasteiger partial charge in [-0.15, -0.1) is 0 Å². The van der Waals surface area contributed by atoms with Crippen molar-refractivity contribution in [1.82, 2.24) is 0 Å². The van der Waals surface area contributed by atoms with Gasteiger partial charge in [-0.25, -0.2) is 0 Å². The summed E-state index contributed by atoms with van der Waals surface area (Å²) in [7, 11) is 0. The standard InChI is InChI=1S/C61H54N2/c1-41-25-36-57-55(37-41)53-35-32-48(39-59(53)61(57,4)5)62(44-19-11-7-12-20-44)46-28-26-43(27-29-46)50-33-30-47(38-54(50)42-17-9-6-10-18-42)63(45-21-13-8-14-22-45)49-31-34-52-51-23-15-16-24-56(51)60(2,3)58(52)40-49/h6-31,33-36,38-41,48H,32,37H2,1-5H3. The second kappa shape index (κ2) is 15.2. The molecule has 0 fully saturated rings. The fraction of sp³-hybridized carbons (Fsp3) is 0.180. The second-order valence-corrected chi connectivity index (χ2v) is 19.0. The van der Waals surface area contributed by atoms with Gasteiger partial charge in [0.05, 0.1) is 6.04 Å². The van der Waals surface area contributed by atoms with Crippen molar-refractivity contribution in [3.63, 3.8) is 0 Å². The Balaban J connectivity index is 0.983. The van der Waals surface area contributed by atoms with Crippen molar-refractivity contribution in [1.29, 1.82) is 0 Å². The summed E-state index contributed by atoms with van der Waals surface area (Å²) in [5.74, 6) is 0.578. The minimum Gasteiger partial charge on any atom is -0.334 e. The molecule has 2 unspecified atom stereocenters. The SMILES string of the molecule is CC1C=CC2=C(C1)C1=CCC(N(c3ccccc3)c3ccc(-c4ccc(N(c5ccccc5)c5ccc6c(c5)C(C)(C)c5ccccc5-6)cc4-c4ccccc4)cc3)C=C1C2(C)C. The normalized spacial score (nSPS) is 18.7. The predicted octanol–water partition coefficient (Wildman–Crippen LogP) is 16.5. The highest BCUT2D eigenvalue weighted by atomic mass is 15.2. The molecule has 0 heterocycles. The van der Waals surface area contributed by atoms with Crippen LogP contribution in [0.1, 0.15) is 58.6 Å². The van der Waals surface area contributed by atoms with Crippen molar-refractivity contribution in [2.45, 2.75) is 58.9 Å². The van der Waals surface area contributed by atoms with Gasteiger partial charge in [0.1, 0.15) is 0 Å². The molecule has 7 aromatic carbocycles. The first-order valence-corrected chi connectivity index (χ1v) is 22.8. The molecule has 2 heteroatoms. The summed E-state index contributed by atoms with van der Waals surface area (Å²) in [6.45, 7) is 11.9. The number of para-hydroxylation sites is 2. The Morgan fingerprint density at radius 3 is 1.79 bits per heavy atom. The molecule has 308 valence electrons. The third-order valence-electron chi connectivity index (χ3n) is 14.3. The number of nitrogens with zero attached hydrogens (tertiary/aromatic N) is 2. The quantitative estimate of drug-likeness (QED) is 0.151. The van der Waals surface area contributed by atoms with E-state index in [0.29, 0.717) is 5.92 Å². The molecule has 0 aliphatic heterocycles. The number of benzene rings is 7. The van der Waals surface area contributed by atoms with Crippen molar-refractivity contribution < 1.29 is 0 Å². The van der Waals surface area contributed by atoms with E-state index in [1.807, 2.05) is 0 Å². The molecular weight excluding hydrogens is 761 g/mol. The third kappa shape index (κ3) is 6.54. The van der Waals surface area contributed by atoms with E-state index in [2.05, 4.69) is 245 Å². The van der Waals surface area contributed by atoms with Gasteiger partial charge in [-0.2, -0.15) is 0 Å². The number of fused-ring (bicyclic) bond motifs is 5. The van der Waals surface area contributed by atoms with Gasteiger partial charge in [0.15, 0.2) is 0 Å². The molecule has 2 atom stereocenters. The zero-order valence-electron chi connectivity index (χ0n) is 37.0. The maximum absolute atomic E-state index is 2.58. The summed E-state index contributed by atoms with van der Waals surface area (Å²) in [4.78, 5) is 4.97. The van der Waals surface area contributed by atoms with Crippen molar-refractivity contribution in [2.24, 2.45) is 11.3 Å². The topological polar surface area (TPSA) is 6.48 Å². The van der Waals surface area contributed by atoms with Gasteiger partial charge in [-0.1, -0.05) is 174 Å². The molecule has 63 heavy (non-hydrogen) atoms. The Morgan fingerprint density at radius 1 is 0.492 bits per heavy atom. The van der Waals surface area contributed by atoms with Crippen LogP contribution in [0.15, 0.2) is 223 Å². The van der Waals surface area contributed by atoms with Gasteiger partial charge in [0.2, 0.25) is 0 Å². The maximum atomic E-state index is 2.58. The number of hydrogen-bond donors (Lipinski definition) is 0. The Morgan fingerprint density at radius 2 is 1.06 bits per heavy atom. The van der Waals surface area contributed by atoms with E-state index in [1.54, 1.807) is 5.57 Å². The van der Waals surface area contributed by atoms with Crippen molar-refractivity contribution >= 4 is 28.4 Å². The molecule has 2 nitrogen and oxygen atoms in total. The molecule has 0 radical (unpaired) electrons. The minimum atomic E-state index is -0.0979. The van der Waals surface area contributed by atoms with Crippen LogP contribution >= 0.6 is 0 Å². The average Bonchev–Trinajstić information content (AvgIpc) is 3.68. The number of hydrogen-bond acceptors (Lipinski definition) is 2. The van der Waals surface area contributed by atoms with Crippen molar-refractivity contribution in [2.75, 3.05) is 9.80 Å². The van der Waals surface area contributed by atoms with Crippen LogP contribution in [0.25, 0.3) is 33.4 Å². The van der Waals surface area contributed by atoms with Crippen LogP contribution in [0, 0.1) is 11.3 Å². The smallest absolute Gasteiger partial charge is 0.0563 e. The summed E-state index contributed by atoms with van der Waals surface area (Å²) in [6.07, 6.45) is 12.0. The molecule has 0 aromatic heterocycles. The molecule has 7 aromatic rings. The molecule has 0 spiro atoms. The summed E-state index contributed by atoms with van der Waals surface area (Å²) in [5.41, 5.74) is 21.9. The average molecular weight is 815 g/mol. The summed E-state index contributed by atoms with van der Waals surface area (Å²) >= 11 is 0. The van der Waals surface area contributed by atoms with Crippen LogP contribution in [0.4, 0.5) is 28.4 Å². The lowest BCUT2D eigenvalue weighted by Crippen LogP contribution is -2.32. The van der Waals surface area contributed by atoms with Crippen molar-refractivity contribution in [3.05, 3.63) is 234 Å². The lowest BCUT2D eigenvalue weighted by atomic mass is 9.77. The first-order valence-electron chi connectivity index (χ1n) is 22.8. The van der Waals surface area contributed by atoms with Gasteiger partial charge in [-0.3, -0.25) is 0 Å². The van der Waals surface area contributed by atoms with E-state index >= 15 is 0 Å². The molecule has 4 aliphatic carbocycles. The molecular formula is C61H54N2. The van der Waals surface area contributed by atoms with Crippen LogP contribution in [0.3, 0.4) is 0 Å². The lowest BCUT2D eigenvalue weighted by molar-refractivity contribution is 0.561. The largest absolute Gasteiger partial charge is 0.334 e. The maximum Gasteiger partial charge on any atom is 0.0563 e. The first kappa shape index (κ1) is 39.0. The number of rotatable bonds is 8. The van der Waals surface area contributed by atoms with E-state index in [-0.39, 0.29) is 16.9 Å². The molecule has 4 aliphatic rings. The Labute approximate surface area is 373 Å². The van der Waals surface area contributed by atoms with E-state index in [1.165, 1.54) is 72.6 Å².